The van der Waals surface area contributed by atoms with Gasteiger partial charge in [0.25, 0.3) is 0 Å². The third kappa shape index (κ3) is 1.97. The Balaban J connectivity index is 2.62. The summed E-state index contributed by atoms with van der Waals surface area (Å²) in [5.41, 5.74) is 9.74. The van der Waals surface area contributed by atoms with Crippen LogP contribution in [0.25, 0.3) is 5.69 Å². The summed E-state index contributed by atoms with van der Waals surface area (Å²) < 4.78 is 1.80. The largest absolute Gasteiger partial charge is 0.389 e. The summed E-state index contributed by atoms with van der Waals surface area (Å²) in [5.74, 6) is 0. The third-order valence-electron chi connectivity index (χ3n) is 2.38. The van der Waals surface area contributed by atoms with E-state index in [4.69, 9.17) is 18.0 Å². The fraction of sp³-hybridized carbons (Fsp3) is 0.167. The topological polar surface area (TPSA) is 43.8 Å². The smallest absolute Gasteiger partial charge is 0.106 e. The molecule has 0 unspecified atom stereocenters. The van der Waals surface area contributed by atoms with Crippen molar-refractivity contribution < 1.29 is 0 Å². The molecule has 1 heterocycles. The van der Waals surface area contributed by atoms with Crippen molar-refractivity contribution >= 4 is 17.2 Å². The molecule has 0 bridgehead atoms. The van der Waals surface area contributed by atoms with Gasteiger partial charge in [-0.25, -0.2) is 4.68 Å². The maximum absolute atomic E-state index is 5.70. The number of rotatable bonds is 2. The van der Waals surface area contributed by atoms with Crippen molar-refractivity contribution in [2.75, 3.05) is 0 Å². The van der Waals surface area contributed by atoms with Gasteiger partial charge in [-0.05, 0) is 37.1 Å². The zero-order valence-electron chi connectivity index (χ0n) is 9.27. The van der Waals surface area contributed by atoms with Gasteiger partial charge in [0.2, 0.25) is 0 Å². The lowest BCUT2D eigenvalue weighted by atomic mass is 10.1. The predicted octanol–water partition coefficient (Wildman–Crippen LogP) is 2.12. The van der Waals surface area contributed by atoms with E-state index >= 15 is 0 Å². The Kier molecular flexibility index (Phi) is 2.75. The van der Waals surface area contributed by atoms with Gasteiger partial charge in [-0.2, -0.15) is 5.10 Å². The van der Waals surface area contributed by atoms with Crippen LogP contribution in [0.4, 0.5) is 0 Å². The molecule has 2 N–H and O–H groups in total. The van der Waals surface area contributed by atoms with Crippen molar-refractivity contribution in [3.05, 3.63) is 47.3 Å². The van der Waals surface area contributed by atoms with E-state index in [1.165, 1.54) is 0 Å². The Labute approximate surface area is 99.9 Å². The maximum Gasteiger partial charge on any atom is 0.106 e. The summed E-state index contributed by atoms with van der Waals surface area (Å²) in [6.07, 6.45) is 3.77. The van der Waals surface area contributed by atoms with Crippen LogP contribution in [-0.2, 0) is 0 Å². The molecular formula is C12H13N3S. The van der Waals surface area contributed by atoms with Gasteiger partial charge in [-0.3, -0.25) is 0 Å². The Hall–Kier alpha value is -1.68. The normalized spacial score (nSPS) is 10.4. The lowest BCUT2D eigenvalue weighted by molar-refractivity contribution is 0.877. The van der Waals surface area contributed by atoms with Gasteiger partial charge in [0.1, 0.15) is 4.99 Å². The molecule has 1 aromatic carbocycles. The van der Waals surface area contributed by atoms with Crippen molar-refractivity contribution in [1.82, 2.24) is 9.78 Å². The number of thiocarbonyl (C=S) groups is 1. The molecule has 0 atom stereocenters. The first-order valence-electron chi connectivity index (χ1n) is 5.00. The van der Waals surface area contributed by atoms with Crippen molar-refractivity contribution in [1.29, 1.82) is 0 Å². The predicted molar refractivity (Wildman–Crippen MR) is 68.9 cm³/mol. The van der Waals surface area contributed by atoms with Gasteiger partial charge in [0.05, 0.1) is 11.9 Å². The standard InChI is InChI=1S/C12H13N3S/c1-8-3-4-10(12(13)16)11(5-8)15-7-9(2)6-14-15/h3-7H,1-2H3,(H2,13,16). The molecule has 82 valence electrons. The summed E-state index contributed by atoms with van der Waals surface area (Å²) >= 11 is 5.04. The van der Waals surface area contributed by atoms with E-state index in [9.17, 15) is 0 Å². The average molecular weight is 231 g/mol. The minimum atomic E-state index is 0.392. The Bertz CT molecular complexity index is 543. The van der Waals surface area contributed by atoms with E-state index in [1.54, 1.807) is 4.68 Å². The summed E-state index contributed by atoms with van der Waals surface area (Å²) in [6.45, 7) is 4.03. The van der Waals surface area contributed by atoms with Crippen LogP contribution in [0.2, 0.25) is 0 Å². The number of aryl methyl sites for hydroxylation is 2. The molecule has 0 aliphatic heterocycles. The van der Waals surface area contributed by atoms with Crippen LogP contribution in [-0.4, -0.2) is 14.8 Å². The molecule has 0 saturated carbocycles. The van der Waals surface area contributed by atoms with Crippen LogP contribution in [0.5, 0.6) is 0 Å². The number of nitrogens with two attached hydrogens (primary N) is 1. The quantitative estimate of drug-likeness (QED) is 0.805. The second-order valence-corrected chi connectivity index (χ2v) is 4.29. The van der Waals surface area contributed by atoms with Crippen LogP contribution in [0, 0.1) is 13.8 Å². The molecule has 3 nitrogen and oxygen atoms in total. The molecule has 2 rings (SSSR count). The van der Waals surface area contributed by atoms with Gasteiger partial charge in [-0.15, -0.1) is 0 Å². The van der Waals surface area contributed by atoms with Crippen LogP contribution >= 0.6 is 12.2 Å². The number of benzene rings is 1. The fourth-order valence-electron chi connectivity index (χ4n) is 1.58. The molecule has 0 fully saturated rings. The van der Waals surface area contributed by atoms with Gasteiger partial charge in [-0.1, -0.05) is 18.3 Å². The lowest BCUT2D eigenvalue weighted by Crippen LogP contribution is -2.13. The fourth-order valence-corrected chi connectivity index (χ4v) is 1.76. The summed E-state index contributed by atoms with van der Waals surface area (Å²) in [4.78, 5) is 0.392. The number of nitrogens with zero attached hydrogens (tertiary/aromatic N) is 2. The lowest BCUT2D eigenvalue weighted by Gasteiger charge is -2.09. The molecule has 2 aromatic rings. The van der Waals surface area contributed by atoms with Crippen molar-refractivity contribution in [3.8, 4) is 5.69 Å². The first-order chi connectivity index (χ1) is 7.58. The minimum absolute atomic E-state index is 0.392. The highest BCUT2D eigenvalue weighted by atomic mass is 32.1. The van der Waals surface area contributed by atoms with Crippen molar-refractivity contribution in [2.24, 2.45) is 5.73 Å². The van der Waals surface area contributed by atoms with Crippen LogP contribution in [0.1, 0.15) is 16.7 Å². The van der Waals surface area contributed by atoms with Gasteiger partial charge in [0, 0.05) is 11.8 Å². The molecule has 0 amide bonds. The number of aromatic nitrogens is 2. The monoisotopic (exact) mass is 231 g/mol. The highest BCUT2D eigenvalue weighted by Crippen LogP contribution is 2.16. The second kappa shape index (κ2) is 4.06. The summed E-state index contributed by atoms with van der Waals surface area (Å²) in [6, 6.07) is 5.96. The van der Waals surface area contributed by atoms with Crippen LogP contribution in [0.15, 0.2) is 30.6 Å². The number of hydrogen-bond donors (Lipinski definition) is 1. The highest BCUT2D eigenvalue weighted by Gasteiger charge is 2.08. The third-order valence-corrected chi connectivity index (χ3v) is 2.60. The van der Waals surface area contributed by atoms with Crippen LogP contribution in [0.3, 0.4) is 0 Å². The highest BCUT2D eigenvalue weighted by molar-refractivity contribution is 7.80. The van der Waals surface area contributed by atoms with Crippen molar-refractivity contribution in [2.45, 2.75) is 13.8 Å². The molecule has 0 spiro atoms. The molecular weight excluding hydrogens is 218 g/mol. The SMILES string of the molecule is Cc1ccc(C(N)=S)c(-n2cc(C)cn2)c1. The molecule has 0 radical (unpaired) electrons. The maximum atomic E-state index is 5.70. The molecule has 16 heavy (non-hydrogen) atoms. The second-order valence-electron chi connectivity index (χ2n) is 3.85. The first kappa shape index (κ1) is 10.8. The van der Waals surface area contributed by atoms with E-state index < -0.39 is 0 Å². The number of hydrogen-bond acceptors (Lipinski definition) is 2. The summed E-state index contributed by atoms with van der Waals surface area (Å²) in [7, 11) is 0. The van der Waals surface area contributed by atoms with Crippen molar-refractivity contribution in [3.63, 3.8) is 0 Å². The van der Waals surface area contributed by atoms with Crippen LogP contribution < -0.4 is 5.73 Å². The molecule has 0 aliphatic carbocycles. The summed E-state index contributed by atoms with van der Waals surface area (Å²) in [5, 5.41) is 4.27. The average Bonchev–Trinajstić information content (AvgIpc) is 2.64. The van der Waals surface area contributed by atoms with E-state index in [0.29, 0.717) is 4.99 Å². The Morgan fingerprint density at radius 3 is 2.62 bits per heavy atom. The van der Waals surface area contributed by atoms with Gasteiger partial charge in [0.15, 0.2) is 0 Å². The Morgan fingerprint density at radius 2 is 2.06 bits per heavy atom. The van der Waals surface area contributed by atoms with Gasteiger partial charge >= 0.3 is 0 Å². The molecule has 4 heteroatoms. The van der Waals surface area contributed by atoms with Gasteiger partial charge < -0.3 is 5.73 Å². The zero-order chi connectivity index (χ0) is 11.7. The molecule has 0 aliphatic rings. The van der Waals surface area contributed by atoms with E-state index in [0.717, 1.165) is 22.4 Å². The molecule has 1 aromatic heterocycles. The molecule has 0 saturated heterocycles. The minimum Gasteiger partial charge on any atom is -0.389 e. The Morgan fingerprint density at radius 1 is 1.31 bits per heavy atom. The zero-order valence-corrected chi connectivity index (χ0v) is 10.1. The van der Waals surface area contributed by atoms with E-state index in [2.05, 4.69) is 5.10 Å². The van der Waals surface area contributed by atoms with E-state index in [-0.39, 0.29) is 0 Å². The first-order valence-corrected chi connectivity index (χ1v) is 5.41. The van der Waals surface area contributed by atoms with E-state index in [1.807, 2.05) is 44.4 Å².